The molecule has 1 saturated heterocycles. The summed E-state index contributed by atoms with van der Waals surface area (Å²) in [6, 6.07) is 0.694. The average Bonchev–Trinajstić information content (AvgIpc) is 1.78. The van der Waals surface area contributed by atoms with Crippen LogP contribution in [0, 0.1) is 11.8 Å². The molecule has 0 amide bonds. The molecule has 0 aromatic rings. The Labute approximate surface area is 63.0 Å². The van der Waals surface area contributed by atoms with E-state index >= 15 is 0 Å². The van der Waals surface area contributed by atoms with Crippen LogP contribution in [0.25, 0.3) is 0 Å². The van der Waals surface area contributed by atoms with Crippen LogP contribution < -0.4 is 5.32 Å². The maximum Gasteiger partial charge on any atom is 0.0517 e. The third-order valence-electron chi connectivity index (χ3n) is 2.22. The van der Waals surface area contributed by atoms with Crippen LogP contribution in [0.5, 0.6) is 0 Å². The molecule has 2 atom stereocenters. The predicted molar refractivity (Wildman–Crippen MR) is 42.0 cm³/mol. The second-order valence-electron chi connectivity index (χ2n) is 3.39. The molecule has 10 heavy (non-hydrogen) atoms. The fourth-order valence-corrected chi connectivity index (χ4v) is 1.58. The maximum atomic E-state index is 5.09. The molecule has 1 rings (SSSR count). The van der Waals surface area contributed by atoms with Crippen molar-refractivity contribution in [1.82, 2.24) is 5.32 Å². The van der Waals surface area contributed by atoms with E-state index in [-0.39, 0.29) is 0 Å². The van der Waals surface area contributed by atoms with Crippen molar-refractivity contribution in [3.8, 4) is 0 Å². The standard InChI is InChI=1S/C8H17NO/c1-6(2)8-7(4-9-8)5-10-3/h6-9H,4-5H2,1-3H3. The number of hydrogen-bond donors (Lipinski definition) is 1. The van der Waals surface area contributed by atoms with Crippen LogP contribution in [-0.2, 0) is 4.74 Å². The maximum absolute atomic E-state index is 5.09. The molecule has 1 N–H and O–H groups in total. The van der Waals surface area contributed by atoms with E-state index in [1.54, 1.807) is 7.11 Å². The second-order valence-corrected chi connectivity index (χ2v) is 3.39. The largest absolute Gasteiger partial charge is 0.384 e. The predicted octanol–water partition coefficient (Wildman–Crippen LogP) is 0.877. The van der Waals surface area contributed by atoms with Gasteiger partial charge in [0, 0.05) is 25.6 Å². The molecular formula is C8H17NO. The quantitative estimate of drug-likeness (QED) is 0.633. The third kappa shape index (κ3) is 1.50. The smallest absolute Gasteiger partial charge is 0.0517 e. The van der Waals surface area contributed by atoms with Crippen LogP contribution in [0.1, 0.15) is 13.8 Å². The highest BCUT2D eigenvalue weighted by atomic mass is 16.5. The summed E-state index contributed by atoms with van der Waals surface area (Å²) in [6.07, 6.45) is 0. The molecule has 2 heteroatoms. The Morgan fingerprint density at radius 1 is 1.60 bits per heavy atom. The fraction of sp³-hybridized carbons (Fsp3) is 1.00. The first-order valence-corrected chi connectivity index (χ1v) is 3.98. The first-order chi connectivity index (χ1) is 4.75. The summed E-state index contributed by atoms with van der Waals surface area (Å²) < 4.78 is 5.09. The van der Waals surface area contributed by atoms with E-state index in [1.807, 2.05) is 0 Å². The van der Waals surface area contributed by atoms with Crippen molar-refractivity contribution in [3.05, 3.63) is 0 Å². The summed E-state index contributed by atoms with van der Waals surface area (Å²) >= 11 is 0. The molecule has 0 spiro atoms. The number of ether oxygens (including phenoxy) is 1. The van der Waals surface area contributed by atoms with Gasteiger partial charge in [0.2, 0.25) is 0 Å². The molecule has 60 valence electrons. The number of rotatable bonds is 3. The Hall–Kier alpha value is -0.0800. The molecule has 1 aliphatic rings. The Bertz CT molecular complexity index is 103. The van der Waals surface area contributed by atoms with Crippen molar-refractivity contribution in [2.75, 3.05) is 20.3 Å². The Balaban J connectivity index is 2.22. The molecule has 0 saturated carbocycles. The van der Waals surface area contributed by atoms with Gasteiger partial charge in [0.1, 0.15) is 0 Å². The zero-order valence-corrected chi connectivity index (χ0v) is 7.05. The first kappa shape index (κ1) is 8.02. The van der Waals surface area contributed by atoms with Crippen LogP contribution in [0.3, 0.4) is 0 Å². The number of nitrogens with one attached hydrogen (secondary N) is 1. The Morgan fingerprint density at radius 3 is 2.60 bits per heavy atom. The Kier molecular flexibility index (Phi) is 2.69. The number of methoxy groups -OCH3 is 1. The van der Waals surface area contributed by atoms with Gasteiger partial charge >= 0.3 is 0 Å². The minimum absolute atomic E-state index is 0.694. The normalized spacial score (nSPS) is 32.4. The van der Waals surface area contributed by atoms with Crippen molar-refractivity contribution in [2.45, 2.75) is 19.9 Å². The van der Waals surface area contributed by atoms with Crippen LogP contribution >= 0.6 is 0 Å². The van der Waals surface area contributed by atoms with Gasteiger partial charge in [-0.3, -0.25) is 0 Å². The third-order valence-corrected chi connectivity index (χ3v) is 2.22. The molecule has 0 aliphatic carbocycles. The van der Waals surface area contributed by atoms with E-state index in [9.17, 15) is 0 Å². The molecule has 0 radical (unpaired) electrons. The minimum atomic E-state index is 0.694. The summed E-state index contributed by atoms with van der Waals surface area (Å²) in [7, 11) is 1.77. The lowest BCUT2D eigenvalue weighted by atomic mass is 9.84. The van der Waals surface area contributed by atoms with Gasteiger partial charge in [-0.15, -0.1) is 0 Å². The van der Waals surface area contributed by atoms with Crippen LogP contribution in [0.15, 0.2) is 0 Å². The van der Waals surface area contributed by atoms with Crippen molar-refractivity contribution in [3.63, 3.8) is 0 Å². The highest BCUT2D eigenvalue weighted by molar-refractivity contribution is 4.89. The summed E-state index contributed by atoms with van der Waals surface area (Å²) in [5.41, 5.74) is 0. The molecule has 0 aromatic heterocycles. The molecule has 1 aliphatic heterocycles. The molecule has 1 fully saturated rings. The lowest BCUT2D eigenvalue weighted by Gasteiger charge is -2.40. The average molecular weight is 143 g/mol. The molecule has 2 nitrogen and oxygen atoms in total. The van der Waals surface area contributed by atoms with Gasteiger partial charge in [0.05, 0.1) is 6.61 Å². The minimum Gasteiger partial charge on any atom is -0.384 e. The molecule has 0 aromatic carbocycles. The molecule has 1 heterocycles. The van der Waals surface area contributed by atoms with Gasteiger partial charge < -0.3 is 10.1 Å². The lowest BCUT2D eigenvalue weighted by Crippen LogP contribution is -2.57. The van der Waals surface area contributed by atoms with Crippen molar-refractivity contribution in [1.29, 1.82) is 0 Å². The lowest BCUT2D eigenvalue weighted by molar-refractivity contribution is 0.0697. The van der Waals surface area contributed by atoms with Gasteiger partial charge in [-0.2, -0.15) is 0 Å². The van der Waals surface area contributed by atoms with Gasteiger partial charge in [0.25, 0.3) is 0 Å². The number of hydrogen-bond acceptors (Lipinski definition) is 2. The van der Waals surface area contributed by atoms with Gasteiger partial charge in [0.15, 0.2) is 0 Å². The fourth-order valence-electron chi connectivity index (χ4n) is 1.58. The molecular weight excluding hydrogens is 126 g/mol. The van der Waals surface area contributed by atoms with Crippen LogP contribution in [-0.4, -0.2) is 26.3 Å². The van der Waals surface area contributed by atoms with Gasteiger partial charge in [-0.1, -0.05) is 13.8 Å². The van der Waals surface area contributed by atoms with Crippen molar-refractivity contribution >= 4 is 0 Å². The van der Waals surface area contributed by atoms with Crippen LogP contribution in [0.4, 0.5) is 0 Å². The van der Waals surface area contributed by atoms with E-state index in [1.165, 1.54) is 0 Å². The van der Waals surface area contributed by atoms with Crippen molar-refractivity contribution < 1.29 is 4.74 Å². The summed E-state index contributed by atoms with van der Waals surface area (Å²) in [5.74, 6) is 1.50. The van der Waals surface area contributed by atoms with Gasteiger partial charge in [-0.25, -0.2) is 0 Å². The van der Waals surface area contributed by atoms with Crippen LogP contribution in [0.2, 0.25) is 0 Å². The van der Waals surface area contributed by atoms with E-state index in [2.05, 4.69) is 19.2 Å². The second kappa shape index (κ2) is 3.35. The molecule has 2 unspecified atom stereocenters. The SMILES string of the molecule is COCC1CNC1C(C)C. The highest BCUT2D eigenvalue weighted by Gasteiger charge is 2.31. The van der Waals surface area contributed by atoms with E-state index in [0.29, 0.717) is 6.04 Å². The van der Waals surface area contributed by atoms with E-state index in [4.69, 9.17) is 4.74 Å². The zero-order valence-electron chi connectivity index (χ0n) is 7.05. The van der Waals surface area contributed by atoms with Gasteiger partial charge in [-0.05, 0) is 5.92 Å². The van der Waals surface area contributed by atoms with Crippen molar-refractivity contribution in [2.24, 2.45) is 11.8 Å². The zero-order chi connectivity index (χ0) is 7.56. The monoisotopic (exact) mass is 143 g/mol. The van der Waals surface area contributed by atoms with E-state index in [0.717, 1.165) is 25.0 Å². The van der Waals surface area contributed by atoms with E-state index < -0.39 is 0 Å². The molecule has 0 bridgehead atoms. The Morgan fingerprint density at radius 2 is 2.30 bits per heavy atom. The topological polar surface area (TPSA) is 21.3 Å². The highest BCUT2D eigenvalue weighted by Crippen LogP contribution is 2.20. The summed E-state index contributed by atoms with van der Waals surface area (Å²) in [6.45, 7) is 6.55. The summed E-state index contributed by atoms with van der Waals surface area (Å²) in [5, 5.41) is 3.40. The summed E-state index contributed by atoms with van der Waals surface area (Å²) in [4.78, 5) is 0. The first-order valence-electron chi connectivity index (χ1n) is 3.98.